The quantitative estimate of drug-likeness (QED) is 0.891. The second-order valence-electron chi connectivity index (χ2n) is 5.02. The summed E-state index contributed by atoms with van der Waals surface area (Å²) in [5.41, 5.74) is 0. The Hall–Kier alpha value is -1.50. The summed E-state index contributed by atoms with van der Waals surface area (Å²) in [4.78, 5) is 27.1. The van der Waals surface area contributed by atoms with Crippen molar-refractivity contribution in [1.82, 2.24) is 15.1 Å². The van der Waals surface area contributed by atoms with E-state index >= 15 is 0 Å². The van der Waals surface area contributed by atoms with Gasteiger partial charge in [-0.25, -0.2) is 4.79 Å². The minimum absolute atomic E-state index is 0.0183. The molecule has 0 bridgehead atoms. The summed E-state index contributed by atoms with van der Waals surface area (Å²) < 4.78 is 5.75. The lowest BCUT2D eigenvalue weighted by Gasteiger charge is -2.33. The molecule has 1 saturated heterocycles. The highest BCUT2D eigenvalue weighted by molar-refractivity contribution is 9.10. The molecule has 1 aliphatic rings. The molecule has 2 rings (SSSR count). The van der Waals surface area contributed by atoms with Crippen molar-refractivity contribution in [3.63, 3.8) is 0 Å². The first-order chi connectivity index (χ1) is 9.47. The van der Waals surface area contributed by atoms with E-state index in [2.05, 4.69) is 21.2 Å². The summed E-state index contributed by atoms with van der Waals surface area (Å²) in [7, 11) is 3.48. The number of piperidine rings is 1. The van der Waals surface area contributed by atoms with E-state index < -0.39 is 0 Å². The Bertz CT molecular complexity index is 493. The number of carbonyl (C=O) groups excluding carboxylic acids is 2. The van der Waals surface area contributed by atoms with E-state index in [0.29, 0.717) is 23.5 Å². The zero-order chi connectivity index (χ0) is 14.7. The minimum Gasteiger partial charge on any atom is -0.444 e. The van der Waals surface area contributed by atoms with E-state index in [9.17, 15) is 9.59 Å². The first-order valence-electron chi connectivity index (χ1n) is 6.50. The molecule has 6 nitrogen and oxygen atoms in total. The van der Waals surface area contributed by atoms with Crippen LogP contribution in [0.1, 0.15) is 23.4 Å². The molecule has 1 aromatic heterocycles. The Morgan fingerprint density at radius 1 is 1.35 bits per heavy atom. The van der Waals surface area contributed by atoms with Gasteiger partial charge in [0.15, 0.2) is 10.4 Å². The van der Waals surface area contributed by atoms with Gasteiger partial charge in [0.1, 0.15) is 0 Å². The van der Waals surface area contributed by atoms with Gasteiger partial charge in [-0.3, -0.25) is 4.79 Å². The lowest BCUT2D eigenvalue weighted by atomic mass is 10.1. The molecule has 0 spiro atoms. The average molecular weight is 344 g/mol. The lowest BCUT2D eigenvalue weighted by molar-refractivity contribution is 0.0885. The number of rotatable bonds is 2. The zero-order valence-electron chi connectivity index (χ0n) is 11.6. The van der Waals surface area contributed by atoms with Gasteiger partial charge in [-0.05, 0) is 40.9 Å². The SMILES string of the molecule is CN(C)C(=O)N1CCC(NC(=O)c2ccc(Br)o2)CC1. The van der Waals surface area contributed by atoms with Crippen molar-refractivity contribution in [3.05, 3.63) is 22.6 Å². The van der Waals surface area contributed by atoms with Crippen LogP contribution in [0.5, 0.6) is 0 Å². The number of carbonyl (C=O) groups is 2. The molecule has 0 radical (unpaired) electrons. The number of hydrogen-bond donors (Lipinski definition) is 1. The number of nitrogens with one attached hydrogen (secondary N) is 1. The van der Waals surface area contributed by atoms with E-state index in [1.54, 1.807) is 36.0 Å². The summed E-state index contributed by atoms with van der Waals surface area (Å²) in [6.45, 7) is 1.31. The molecule has 0 aromatic carbocycles. The van der Waals surface area contributed by atoms with E-state index in [4.69, 9.17) is 4.42 Å². The molecule has 0 atom stereocenters. The Labute approximate surface area is 126 Å². The maximum atomic E-state index is 11.9. The standard InChI is InChI=1S/C13H18BrN3O3/c1-16(2)13(19)17-7-5-9(6-8-17)15-12(18)10-3-4-11(14)20-10/h3-4,9H,5-8H2,1-2H3,(H,15,18). The number of nitrogens with zero attached hydrogens (tertiary/aromatic N) is 2. The molecular weight excluding hydrogens is 326 g/mol. The predicted molar refractivity (Wildman–Crippen MR) is 77.6 cm³/mol. The van der Waals surface area contributed by atoms with Gasteiger partial charge < -0.3 is 19.5 Å². The second kappa shape index (κ2) is 6.30. The highest BCUT2D eigenvalue weighted by Crippen LogP contribution is 2.16. The molecule has 0 saturated carbocycles. The molecule has 1 aromatic rings. The van der Waals surface area contributed by atoms with Crippen LogP contribution in [0.25, 0.3) is 0 Å². The lowest BCUT2D eigenvalue weighted by Crippen LogP contribution is -2.49. The number of halogens is 1. The fourth-order valence-electron chi connectivity index (χ4n) is 2.19. The van der Waals surface area contributed by atoms with E-state index in [0.717, 1.165) is 12.8 Å². The highest BCUT2D eigenvalue weighted by atomic mass is 79.9. The fraction of sp³-hybridized carbons (Fsp3) is 0.538. The van der Waals surface area contributed by atoms with Crippen molar-refractivity contribution in [1.29, 1.82) is 0 Å². The number of amides is 3. The molecule has 7 heteroatoms. The first-order valence-corrected chi connectivity index (χ1v) is 7.29. The minimum atomic E-state index is -0.215. The third kappa shape index (κ3) is 3.53. The largest absolute Gasteiger partial charge is 0.444 e. The summed E-state index contributed by atoms with van der Waals surface area (Å²) in [6.07, 6.45) is 1.51. The van der Waals surface area contributed by atoms with Gasteiger partial charge in [0.25, 0.3) is 5.91 Å². The van der Waals surface area contributed by atoms with Crippen LogP contribution in [0.2, 0.25) is 0 Å². The number of likely N-dealkylation sites (tertiary alicyclic amines) is 1. The summed E-state index contributed by atoms with van der Waals surface area (Å²) in [6, 6.07) is 3.42. The molecule has 0 aliphatic carbocycles. The third-order valence-corrected chi connectivity index (χ3v) is 3.71. The van der Waals surface area contributed by atoms with Crippen molar-refractivity contribution in [2.24, 2.45) is 0 Å². The van der Waals surface area contributed by atoms with Crippen LogP contribution in [0.4, 0.5) is 4.79 Å². The molecule has 20 heavy (non-hydrogen) atoms. The summed E-state index contributed by atoms with van der Waals surface area (Å²) >= 11 is 3.17. The smallest absolute Gasteiger partial charge is 0.319 e. The molecule has 110 valence electrons. The monoisotopic (exact) mass is 343 g/mol. The van der Waals surface area contributed by atoms with Crippen molar-refractivity contribution < 1.29 is 14.0 Å². The predicted octanol–water partition coefficient (Wildman–Crippen LogP) is 1.92. The number of urea groups is 1. The number of furan rings is 1. The van der Waals surface area contributed by atoms with Crippen LogP contribution in [0.15, 0.2) is 21.2 Å². The highest BCUT2D eigenvalue weighted by Gasteiger charge is 2.25. The van der Waals surface area contributed by atoms with Crippen molar-refractivity contribution in [2.45, 2.75) is 18.9 Å². The van der Waals surface area contributed by atoms with Crippen LogP contribution >= 0.6 is 15.9 Å². The van der Waals surface area contributed by atoms with Crippen LogP contribution in [-0.4, -0.2) is 55.0 Å². The Morgan fingerprint density at radius 2 is 2.00 bits per heavy atom. The maximum absolute atomic E-state index is 11.9. The Kier molecular flexibility index (Phi) is 4.69. The number of hydrogen-bond acceptors (Lipinski definition) is 3. The third-order valence-electron chi connectivity index (χ3n) is 3.28. The normalized spacial score (nSPS) is 16.1. The Morgan fingerprint density at radius 3 is 2.50 bits per heavy atom. The topological polar surface area (TPSA) is 65.8 Å². The Balaban J connectivity index is 1.83. The van der Waals surface area contributed by atoms with E-state index in [-0.39, 0.29) is 18.0 Å². The molecule has 3 amide bonds. The molecule has 2 heterocycles. The first kappa shape index (κ1) is 14.9. The summed E-state index contributed by atoms with van der Waals surface area (Å²) in [5.74, 6) is 0.0803. The van der Waals surface area contributed by atoms with Gasteiger partial charge in [0.05, 0.1) is 0 Å². The van der Waals surface area contributed by atoms with Gasteiger partial charge in [0.2, 0.25) is 0 Å². The second-order valence-corrected chi connectivity index (χ2v) is 5.80. The molecule has 1 fully saturated rings. The van der Waals surface area contributed by atoms with Gasteiger partial charge in [-0.2, -0.15) is 0 Å². The van der Waals surface area contributed by atoms with Gasteiger partial charge in [0, 0.05) is 33.2 Å². The molecule has 1 N–H and O–H groups in total. The van der Waals surface area contributed by atoms with Gasteiger partial charge >= 0.3 is 6.03 Å². The van der Waals surface area contributed by atoms with Crippen molar-refractivity contribution >= 4 is 27.9 Å². The molecular formula is C13H18BrN3O3. The molecule has 1 aliphatic heterocycles. The average Bonchev–Trinajstić information content (AvgIpc) is 2.85. The maximum Gasteiger partial charge on any atom is 0.319 e. The van der Waals surface area contributed by atoms with Crippen LogP contribution in [0.3, 0.4) is 0 Å². The summed E-state index contributed by atoms with van der Waals surface area (Å²) in [5, 5.41) is 2.93. The van der Waals surface area contributed by atoms with Crippen LogP contribution < -0.4 is 5.32 Å². The zero-order valence-corrected chi connectivity index (χ0v) is 13.1. The van der Waals surface area contributed by atoms with Crippen molar-refractivity contribution in [3.8, 4) is 0 Å². The van der Waals surface area contributed by atoms with Gasteiger partial charge in [-0.1, -0.05) is 0 Å². The van der Waals surface area contributed by atoms with Crippen LogP contribution in [0, 0.1) is 0 Å². The van der Waals surface area contributed by atoms with E-state index in [1.165, 1.54) is 0 Å². The molecule has 0 unspecified atom stereocenters. The fourth-order valence-corrected chi connectivity index (χ4v) is 2.50. The van der Waals surface area contributed by atoms with Gasteiger partial charge in [-0.15, -0.1) is 0 Å². The van der Waals surface area contributed by atoms with Crippen LogP contribution in [-0.2, 0) is 0 Å². The van der Waals surface area contributed by atoms with E-state index in [1.807, 2.05) is 0 Å². The van der Waals surface area contributed by atoms with Crippen molar-refractivity contribution in [2.75, 3.05) is 27.2 Å².